The summed E-state index contributed by atoms with van der Waals surface area (Å²) in [5.74, 6) is 1.43. The van der Waals surface area contributed by atoms with Crippen molar-refractivity contribution in [1.29, 1.82) is 0 Å². The molecule has 2 aromatic heterocycles. The standard InChI is InChI=1S/C19H20ClN4O2S.C6H11O.U/c1-5-6-7-13(18(25)23-19-24-22-11-27-19)14(8-12(2)3)15-9-17(20)21-10-16(15)26-4;1-5-3-7-4-6(5)2;/h6-10H,5H2,1-4H3,(H,23,24,25);5-6H,1,3-4H2,2H3;/q2*-1;+2/b7-6+,14-13-;;/t;5-,6?;/m.0./s1. The third-order valence-corrected chi connectivity index (χ3v) is 5.65. The molecular formula is C25H31ClN4O3SU. The fourth-order valence-corrected chi connectivity index (χ4v) is 3.53. The molecule has 1 saturated heterocycles. The normalized spacial score (nSPS) is 17.6. The number of amides is 1. The van der Waals surface area contributed by atoms with Crippen LogP contribution in [0.15, 0.2) is 41.6 Å². The third-order valence-electron chi connectivity index (χ3n) is 4.89. The van der Waals surface area contributed by atoms with E-state index in [2.05, 4.69) is 39.9 Å². The second-order valence-corrected chi connectivity index (χ2v) is 9.16. The van der Waals surface area contributed by atoms with E-state index in [0.29, 0.717) is 44.6 Å². The maximum absolute atomic E-state index is 13.0. The van der Waals surface area contributed by atoms with E-state index >= 15 is 0 Å². The number of rotatable bonds is 7. The fourth-order valence-electron chi connectivity index (χ4n) is 2.97. The van der Waals surface area contributed by atoms with E-state index in [4.69, 9.17) is 21.1 Å². The molecule has 10 heteroatoms. The molecule has 35 heavy (non-hydrogen) atoms. The van der Waals surface area contributed by atoms with Crippen LogP contribution in [-0.2, 0) is 9.53 Å². The van der Waals surface area contributed by atoms with Crippen molar-refractivity contribution in [2.75, 3.05) is 25.6 Å². The summed E-state index contributed by atoms with van der Waals surface area (Å²) in [6, 6.07) is 1.68. The Bertz CT molecular complexity index is 1030. The van der Waals surface area contributed by atoms with Gasteiger partial charge in [-0.05, 0) is 37.8 Å². The number of hydrogen-bond donors (Lipinski definition) is 1. The first kappa shape index (κ1) is 31.5. The Hall–Kier alpha value is -1.50. The van der Waals surface area contributed by atoms with Crippen molar-refractivity contribution in [3.63, 3.8) is 0 Å². The summed E-state index contributed by atoms with van der Waals surface area (Å²) in [5.41, 5.74) is 5.42. The van der Waals surface area contributed by atoms with Crippen LogP contribution in [0.4, 0.5) is 5.13 Å². The number of hydrogen-bond acceptors (Lipinski definition) is 7. The van der Waals surface area contributed by atoms with E-state index in [1.54, 1.807) is 19.3 Å². The molecule has 0 saturated carbocycles. The van der Waals surface area contributed by atoms with Crippen molar-refractivity contribution in [3.8, 4) is 5.75 Å². The number of nitrogens with one attached hydrogen (secondary N) is 1. The molecule has 0 radical (unpaired) electrons. The molecule has 1 N–H and O–H groups in total. The van der Waals surface area contributed by atoms with Gasteiger partial charge in [-0.3, -0.25) is 21.2 Å². The quantitative estimate of drug-likeness (QED) is 0.167. The van der Waals surface area contributed by atoms with Crippen molar-refractivity contribution in [2.45, 2.75) is 34.1 Å². The van der Waals surface area contributed by atoms with Gasteiger partial charge in [-0.15, -0.1) is 5.92 Å². The average Bonchev–Trinajstić information content (AvgIpc) is 3.45. The summed E-state index contributed by atoms with van der Waals surface area (Å²) >= 11 is 7.24. The number of allylic oxidation sites excluding steroid dienone is 4. The van der Waals surface area contributed by atoms with Gasteiger partial charge in [0.2, 0.25) is 5.91 Å². The largest absolute Gasteiger partial charge is 2.00 e. The second-order valence-electron chi connectivity index (χ2n) is 7.99. The third kappa shape index (κ3) is 10.2. The zero-order valence-corrected chi connectivity index (χ0v) is 26.5. The van der Waals surface area contributed by atoms with Gasteiger partial charge in [0.05, 0.1) is 18.4 Å². The molecule has 1 aliphatic rings. The van der Waals surface area contributed by atoms with Crippen LogP contribution in [0.2, 0.25) is 5.15 Å². The Morgan fingerprint density at radius 1 is 1.43 bits per heavy atom. The van der Waals surface area contributed by atoms with E-state index < -0.39 is 0 Å². The first-order chi connectivity index (χ1) is 16.3. The minimum Gasteiger partial charge on any atom is -0.494 e. The van der Waals surface area contributed by atoms with Gasteiger partial charge in [-0.25, -0.2) is 10.1 Å². The minimum absolute atomic E-state index is 0. The Morgan fingerprint density at radius 3 is 2.66 bits per heavy atom. The number of ether oxygens (including phenoxy) is 2. The molecule has 0 bridgehead atoms. The van der Waals surface area contributed by atoms with Gasteiger partial charge >= 0.3 is 31.1 Å². The molecule has 1 amide bonds. The predicted octanol–water partition coefficient (Wildman–Crippen LogP) is 5.82. The Balaban J connectivity index is 0.000000656. The molecule has 0 aromatic carbocycles. The Kier molecular flexibility index (Phi) is 14.7. The number of halogens is 1. The molecule has 2 atom stereocenters. The van der Waals surface area contributed by atoms with Crippen LogP contribution in [0.25, 0.3) is 5.57 Å². The number of carbonyl (C=O) groups excluding carboxylic acids is 1. The molecule has 1 fully saturated rings. The van der Waals surface area contributed by atoms with E-state index in [1.165, 1.54) is 6.20 Å². The average molecular weight is 741 g/mol. The SMILES string of the molecule is CC/C=C/C(C(=O)Nc1nn[c-]s1)=C(\C=C(C)C)c1cc(Cl)ncc1OC.[CH2-][C@H]1COCC1C.[U+2]. The molecular weight excluding hydrogens is 710 g/mol. The smallest absolute Gasteiger partial charge is 0.494 e. The Morgan fingerprint density at radius 2 is 2.17 bits per heavy atom. The molecule has 186 valence electrons. The van der Waals surface area contributed by atoms with Gasteiger partial charge in [0, 0.05) is 24.4 Å². The minimum atomic E-state index is -0.313. The zero-order chi connectivity index (χ0) is 25.1. The number of anilines is 1. The number of methoxy groups -OCH3 is 1. The van der Waals surface area contributed by atoms with Gasteiger partial charge in [-0.1, -0.05) is 54.8 Å². The van der Waals surface area contributed by atoms with Crippen LogP contribution in [0.3, 0.4) is 0 Å². The summed E-state index contributed by atoms with van der Waals surface area (Å²) in [5, 5.41) is 10.9. The number of aromatic nitrogens is 3. The number of nitrogens with zero attached hydrogens (tertiary/aromatic N) is 3. The van der Waals surface area contributed by atoms with E-state index in [-0.39, 0.29) is 37.0 Å². The van der Waals surface area contributed by atoms with Crippen molar-refractivity contribution in [3.05, 3.63) is 64.8 Å². The summed E-state index contributed by atoms with van der Waals surface area (Å²) in [4.78, 5) is 17.0. The molecule has 1 aliphatic heterocycles. The van der Waals surface area contributed by atoms with Crippen molar-refractivity contribution in [2.24, 2.45) is 11.8 Å². The molecule has 1 unspecified atom stereocenters. The van der Waals surface area contributed by atoms with Gasteiger partial charge in [-0.2, -0.15) is 0 Å². The maximum Gasteiger partial charge on any atom is 2.00 e. The van der Waals surface area contributed by atoms with Gasteiger partial charge < -0.3 is 21.7 Å². The van der Waals surface area contributed by atoms with Gasteiger partial charge in [0.25, 0.3) is 0 Å². The summed E-state index contributed by atoms with van der Waals surface area (Å²) < 4.78 is 10.5. The van der Waals surface area contributed by atoms with E-state index in [0.717, 1.165) is 36.5 Å². The first-order valence-electron chi connectivity index (χ1n) is 10.9. The van der Waals surface area contributed by atoms with Gasteiger partial charge in [0.1, 0.15) is 10.9 Å². The van der Waals surface area contributed by atoms with Gasteiger partial charge in [0.15, 0.2) is 0 Å². The summed E-state index contributed by atoms with van der Waals surface area (Å²) in [6.07, 6.45) is 7.92. The Labute approximate surface area is 240 Å². The molecule has 0 aliphatic carbocycles. The topological polar surface area (TPSA) is 86.2 Å². The van der Waals surface area contributed by atoms with E-state index in [9.17, 15) is 4.79 Å². The first-order valence-corrected chi connectivity index (χ1v) is 12.1. The van der Waals surface area contributed by atoms with E-state index in [1.807, 2.05) is 32.9 Å². The number of carbonyl (C=O) groups is 1. The number of pyridine rings is 1. The zero-order valence-electron chi connectivity index (χ0n) is 20.7. The maximum atomic E-state index is 13.0. The molecule has 2 aromatic rings. The van der Waals surface area contributed by atoms with Crippen LogP contribution in [-0.4, -0.2) is 41.4 Å². The van der Waals surface area contributed by atoms with Crippen LogP contribution >= 0.6 is 22.9 Å². The molecule has 3 heterocycles. The molecule has 7 nitrogen and oxygen atoms in total. The van der Waals surface area contributed by atoms with Crippen LogP contribution in [0.5, 0.6) is 5.75 Å². The summed E-state index contributed by atoms with van der Waals surface area (Å²) in [7, 11) is 1.55. The molecule has 0 spiro atoms. The fraction of sp³-hybridized carbons (Fsp3) is 0.400. The van der Waals surface area contributed by atoms with Crippen molar-refractivity contribution in [1.82, 2.24) is 15.2 Å². The molecule has 3 rings (SSSR count). The monoisotopic (exact) mass is 740 g/mol. The van der Waals surface area contributed by atoms with Crippen LogP contribution < -0.4 is 10.1 Å². The summed E-state index contributed by atoms with van der Waals surface area (Å²) in [6.45, 7) is 13.7. The van der Waals surface area contributed by atoms with Crippen molar-refractivity contribution < 1.29 is 45.4 Å². The second kappa shape index (κ2) is 16.3. The van der Waals surface area contributed by atoms with Crippen molar-refractivity contribution >= 4 is 39.5 Å². The predicted molar refractivity (Wildman–Crippen MR) is 138 cm³/mol. The van der Waals surface area contributed by atoms with Crippen LogP contribution in [0.1, 0.15) is 39.7 Å². The van der Waals surface area contributed by atoms with Crippen LogP contribution in [0, 0.1) is 55.4 Å².